The summed E-state index contributed by atoms with van der Waals surface area (Å²) in [4.78, 5) is 11.8. The molecule has 6 heteroatoms. The van der Waals surface area contributed by atoms with Gasteiger partial charge in [0, 0.05) is 42.7 Å². The number of ether oxygens (including phenoxy) is 1. The van der Waals surface area contributed by atoms with Crippen LogP contribution >= 0.6 is 0 Å². The summed E-state index contributed by atoms with van der Waals surface area (Å²) in [5.41, 5.74) is 7.24. The second-order valence-corrected chi connectivity index (χ2v) is 7.94. The predicted octanol–water partition coefficient (Wildman–Crippen LogP) is 4.69. The summed E-state index contributed by atoms with van der Waals surface area (Å²) in [5.74, 6) is 0.945. The summed E-state index contributed by atoms with van der Waals surface area (Å²) >= 11 is 0. The molecule has 1 saturated heterocycles. The van der Waals surface area contributed by atoms with Crippen LogP contribution in [0.3, 0.4) is 0 Å². The second kappa shape index (κ2) is 9.27. The highest BCUT2D eigenvalue weighted by Gasteiger charge is 2.24. The predicted molar refractivity (Wildman–Crippen MR) is 126 cm³/mol. The van der Waals surface area contributed by atoms with Crippen LogP contribution in [-0.2, 0) is 11.2 Å². The Morgan fingerprint density at radius 2 is 2.23 bits per heavy atom. The molecule has 6 nitrogen and oxygen atoms in total. The van der Waals surface area contributed by atoms with E-state index in [-0.39, 0.29) is 6.04 Å². The smallest absolute Gasteiger partial charge is 0.130 e. The Hall–Kier alpha value is -3.25. The minimum absolute atomic E-state index is 0.254. The van der Waals surface area contributed by atoms with Crippen molar-refractivity contribution < 1.29 is 4.74 Å². The van der Waals surface area contributed by atoms with Crippen molar-refractivity contribution in [2.75, 3.05) is 24.7 Å². The standard InChI is InChI=1S/C25H29N5O/c1-5-6-21-22(23-15-26-9-7-17(23)2)14-24(30-11-12-31-16-19(30)4)28-25(21)18(3)13-20-8-10-27-29-20/h5-10,14-15,19H,3,11-13,16H2,1-2,4H3,(H,27,29)/b6-5-/t19-/m1/s1. The van der Waals surface area contributed by atoms with E-state index in [1.807, 2.05) is 37.6 Å². The van der Waals surface area contributed by atoms with Crippen LogP contribution in [-0.4, -0.2) is 46.0 Å². The first-order chi connectivity index (χ1) is 15.1. The number of rotatable bonds is 6. The number of aromatic nitrogens is 4. The molecule has 1 aliphatic heterocycles. The van der Waals surface area contributed by atoms with E-state index in [2.05, 4.69) is 58.7 Å². The molecule has 0 radical (unpaired) electrons. The minimum Gasteiger partial charge on any atom is -0.377 e. The number of H-pyrrole nitrogens is 1. The van der Waals surface area contributed by atoms with E-state index in [9.17, 15) is 0 Å². The van der Waals surface area contributed by atoms with Gasteiger partial charge in [-0.25, -0.2) is 4.98 Å². The number of morpholine rings is 1. The van der Waals surface area contributed by atoms with Gasteiger partial charge < -0.3 is 9.64 Å². The number of aryl methyl sites for hydroxylation is 1. The highest BCUT2D eigenvalue weighted by molar-refractivity contribution is 5.85. The van der Waals surface area contributed by atoms with Crippen LogP contribution in [0.1, 0.15) is 36.4 Å². The Morgan fingerprint density at radius 3 is 2.94 bits per heavy atom. The third-order valence-corrected chi connectivity index (χ3v) is 5.66. The first kappa shape index (κ1) is 21.0. The molecule has 1 fully saturated rings. The van der Waals surface area contributed by atoms with Gasteiger partial charge in [-0.2, -0.15) is 5.10 Å². The normalized spacial score (nSPS) is 16.7. The molecule has 0 unspecified atom stereocenters. The topological polar surface area (TPSA) is 66.9 Å². The summed E-state index contributed by atoms with van der Waals surface area (Å²) in [7, 11) is 0. The van der Waals surface area contributed by atoms with Crippen LogP contribution < -0.4 is 4.90 Å². The largest absolute Gasteiger partial charge is 0.377 e. The molecule has 4 heterocycles. The molecule has 160 valence electrons. The Kier molecular flexibility index (Phi) is 6.28. The maximum atomic E-state index is 5.66. The van der Waals surface area contributed by atoms with Crippen molar-refractivity contribution in [1.29, 1.82) is 0 Å². The van der Waals surface area contributed by atoms with E-state index in [0.717, 1.165) is 46.0 Å². The fourth-order valence-electron chi connectivity index (χ4n) is 4.02. The number of aromatic amines is 1. The molecule has 31 heavy (non-hydrogen) atoms. The molecule has 1 aliphatic rings. The maximum Gasteiger partial charge on any atom is 0.130 e. The lowest BCUT2D eigenvalue weighted by Crippen LogP contribution is -2.44. The number of nitrogens with zero attached hydrogens (tertiary/aromatic N) is 4. The van der Waals surface area contributed by atoms with Crippen molar-refractivity contribution in [2.24, 2.45) is 0 Å². The number of hydrogen-bond donors (Lipinski definition) is 1. The molecule has 0 aliphatic carbocycles. The van der Waals surface area contributed by atoms with Crippen molar-refractivity contribution >= 4 is 17.5 Å². The van der Waals surface area contributed by atoms with Gasteiger partial charge in [0.1, 0.15) is 5.82 Å². The average Bonchev–Trinajstić information content (AvgIpc) is 3.28. The maximum absolute atomic E-state index is 5.66. The number of anilines is 1. The van der Waals surface area contributed by atoms with Gasteiger partial charge in [-0.3, -0.25) is 10.1 Å². The lowest BCUT2D eigenvalue weighted by atomic mass is 9.93. The highest BCUT2D eigenvalue weighted by Crippen LogP contribution is 2.36. The van der Waals surface area contributed by atoms with Crippen LogP contribution in [0.25, 0.3) is 22.8 Å². The molecule has 1 atom stereocenters. The summed E-state index contributed by atoms with van der Waals surface area (Å²) in [6.07, 6.45) is 10.4. The van der Waals surface area contributed by atoms with Gasteiger partial charge in [0.05, 0.1) is 30.6 Å². The number of nitrogens with one attached hydrogen (secondary N) is 1. The van der Waals surface area contributed by atoms with Crippen molar-refractivity contribution in [3.05, 3.63) is 72.0 Å². The molecule has 0 aromatic carbocycles. The van der Waals surface area contributed by atoms with E-state index >= 15 is 0 Å². The van der Waals surface area contributed by atoms with Gasteiger partial charge in [0.25, 0.3) is 0 Å². The van der Waals surface area contributed by atoms with Crippen LogP contribution in [0.15, 0.2) is 49.4 Å². The van der Waals surface area contributed by atoms with E-state index in [1.54, 1.807) is 0 Å². The second-order valence-electron chi connectivity index (χ2n) is 7.94. The highest BCUT2D eigenvalue weighted by atomic mass is 16.5. The van der Waals surface area contributed by atoms with Gasteiger partial charge in [-0.05, 0) is 55.7 Å². The van der Waals surface area contributed by atoms with Gasteiger partial charge in [0.2, 0.25) is 0 Å². The third-order valence-electron chi connectivity index (χ3n) is 5.66. The Bertz CT molecular complexity index is 1090. The third kappa shape index (κ3) is 4.44. The number of allylic oxidation sites excluding steroid dienone is 2. The van der Waals surface area contributed by atoms with Gasteiger partial charge in [-0.1, -0.05) is 18.7 Å². The van der Waals surface area contributed by atoms with Crippen molar-refractivity contribution in [2.45, 2.75) is 33.2 Å². The van der Waals surface area contributed by atoms with Gasteiger partial charge in [0.15, 0.2) is 0 Å². The molecule has 3 aromatic rings. The van der Waals surface area contributed by atoms with E-state index in [4.69, 9.17) is 9.72 Å². The summed E-state index contributed by atoms with van der Waals surface area (Å²) in [5, 5.41) is 7.19. The quantitative estimate of drug-likeness (QED) is 0.633. The van der Waals surface area contributed by atoms with Gasteiger partial charge in [-0.15, -0.1) is 0 Å². The zero-order chi connectivity index (χ0) is 21.8. The molecule has 0 amide bonds. The zero-order valence-corrected chi connectivity index (χ0v) is 18.4. The van der Waals surface area contributed by atoms with Crippen molar-refractivity contribution in [3.8, 4) is 11.1 Å². The molecular formula is C25H29N5O. The fraction of sp³-hybridized carbons (Fsp3) is 0.320. The lowest BCUT2D eigenvalue weighted by Gasteiger charge is -2.35. The Labute approximate surface area is 183 Å². The Balaban J connectivity index is 1.90. The van der Waals surface area contributed by atoms with Crippen LogP contribution in [0, 0.1) is 6.92 Å². The van der Waals surface area contributed by atoms with E-state index in [1.165, 1.54) is 5.56 Å². The summed E-state index contributed by atoms with van der Waals surface area (Å²) in [6.45, 7) is 12.9. The van der Waals surface area contributed by atoms with E-state index < -0.39 is 0 Å². The van der Waals surface area contributed by atoms with Crippen LogP contribution in [0.5, 0.6) is 0 Å². The first-order valence-electron chi connectivity index (χ1n) is 10.7. The summed E-state index contributed by atoms with van der Waals surface area (Å²) < 4.78 is 5.66. The molecule has 0 bridgehead atoms. The molecule has 3 aromatic heterocycles. The number of hydrogen-bond acceptors (Lipinski definition) is 5. The first-order valence-corrected chi connectivity index (χ1v) is 10.7. The molecular weight excluding hydrogens is 386 g/mol. The minimum atomic E-state index is 0.254. The monoisotopic (exact) mass is 415 g/mol. The SMILES string of the molecule is C=C(Cc1cc[nH]n1)c1nc(N2CCOC[C@H]2C)cc(-c2cnccc2C)c1/C=C\C. The molecule has 0 spiro atoms. The zero-order valence-electron chi connectivity index (χ0n) is 18.4. The van der Waals surface area contributed by atoms with Crippen molar-refractivity contribution in [3.63, 3.8) is 0 Å². The van der Waals surface area contributed by atoms with Gasteiger partial charge >= 0.3 is 0 Å². The van der Waals surface area contributed by atoms with Crippen LogP contribution in [0.4, 0.5) is 5.82 Å². The molecule has 4 rings (SSSR count). The van der Waals surface area contributed by atoms with Crippen molar-refractivity contribution in [1.82, 2.24) is 20.2 Å². The Morgan fingerprint density at radius 1 is 1.35 bits per heavy atom. The van der Waals surface area contributed by atoms with E-state index in [0.29, 0.717) is 19.6 Å². The number of pyridine rings is 2. The summed E-state index contributed by atoms with van der Waals surface area (Å²) in [6, 6.07) is 6.46. The van der Waals surface area contributed by atoms with Crippen LogP contribution in [0.2, 0.25) is 0 Å². The molecule has 1 N–H and O–H groups in total. The molecule has 0 saturated carbocycles. The average molecular weight is 416 g/mol. The lowest BCUT2D eigenvalue weighted by molar-refractivity contribution is 0.0985. The fourth-order valence-corrected chi connectivity index (χ4v) is 4.02.